The van der Waals surface area contributed by atoms with E-state index in [0.29, 0.717) is 6.04 Å². The highest BCUT2D eigenvalue weighted by Crippen LogP contribution is 2.41. The highest BCUT2D eigenvalue weighted by Gasteiger charge is 2.31. The van der Waals surface area contributed by atoms with E-state index in [1.54, 1.807) is 0 Å². The number of fused-ring (bicyclic) bond motifs is 1. The second-order valence-electron chi connectivity index (χ2n) is 9.82. The summed E-state index contributed by atoms with van der Waals surface area (Å²) in [5, 5.41) is 0. The Bertz CT molecular complexity index is 585. The van der Waals surface area contributed by atoms with Gasteiger partial charge in [0.25, 0.3) is 0 Å². The summed E-state index contributed by atoms with van der Waals surface area (Å²) in [6.45, 7) is 15.6. The molecule has 0 saturated heterocycles. The quantitative estimate of drug-likeness (QED) is 0.649. The molecule has 24 heavy (non-hydrogen) atoms. The van der Waals surface area contributed by atoms with Crippen molar-refractivity contribution in [1.29, 1.82) is 0 Å². The number of nitrogens with zero attached hydrogens (tertiary/aromatic N) is 1. The SMILES string of the molecule is CC(C)(C)c1cc2c(c(C(C)(C)C)c1)OCN(C1CCCCC1)C2. The maximum absolute atomic E-state index is 6.34. The molecule has 2 heteroatoms. The van der Waals surface area contributed by atoms with Gasteiger partial charge in [-0.05, 0) is 29.2 Å². The first kappa shape index (κ1) is 17.8. The molecule has 0 aromatic heterocycles. The summed E-state index contributed by atoms with van der Waals surface area (Å²) in [6, 6.07) is 5.50. The van der Waals surface area contributed by atoms with Gasteiger partial charge in [0.2, 0.25) is 0 Å². The van der Waals surface area contributed by atoms with Crippen molar-refractivity contribution >= 4 is 0 Å². The fourth-order valence-electron chi connectivity index (χ4n) is 4.06. The first-order chi connectivity index (χ1) is 11.2. The smallest absolute Gasteiger partial charge is 0.142 e. The molecule has 1 fully saturated rings. The van der Waals surface area contributed by atoms with Crippen molar-refractivity contribution in [3.05, 3.63) is 28.8 Å². The van der Waals surface area contributed by atoms with Gasteiger partial charge in [-0.1, -0.05) is 72.9 Å². The van der Waals surface area contributed by atoms with E-state index in [1.807, 2.05) is 0 Å². The van der Waals surface area contributed by atoms with Crippen LogP contribution in [0.3, 0.4) is 0 Å². The van der Waals surface area contributed by atoms with Gasteiger partial charge in [-0.3, -0.25) is 4.90 Å². The summed E-state index contributed by atoms with van der Waals surface area (Å²) in [5.41, 5.74) is 4.47. The number of benzene rings is 1. The van der Waals surface area contributed by atoms with Crippen LogP contribution in [0.1, 0.15) is 90.3 Å². The van der Waals surface area contributed by atoms with E-state index in [-0.39, 0.29) is 10.8 Å². The lowest BCUT2D eigenvalue weighted by Crippen LogP contribution is -2.42. The molecule has 1 heterocycles. The third kappa shape index (κ3) is 3.64. The number of hydrogen-bond donors (Lipinski definition) is 0. The van der Waals surface area contributed by atoms with Crippen LogP contribution in [0.5, 0.6) is 5.75 Å². The van der Waals surface area contributed by atoms with E-state index < -0.39 is 0 Å². The molecule has 2 aliphatic rings. The molecule has 3 rings (SSSR count). The zero-order valence-electron chi connectivity index (χ0n) is 16.5. The minimum atomic E-state index is 0.109. The Labute approximate surface area is 148 Å². The lowest BCUT2D eigenvalue weighted by molar-refractivity contribution is 0.0389. The van der Waals surface area contributed by atoms with Gasteiger partial charge in [-0.2, -0.15) is 0 Å². The van der Waals surface area contributed by atoms with Crippen LogP contribution in [-0.2, 0) is 17.4 Å². The molecule has 1 aliphatic carbocycles. The lowest BCUT2D eigenvalue weighted by atomic mass is 9.78. The van der Waals surface area contributed by atoms with E-state index in [9.17, 15) is 0 Å². The summed E-state index contributed by atoms with van der Waals surface area (Å²) < 4.78 is 6.34. The second-order valence-corrected chi connectivity index (χ2v) is 9.82. The predicted molar refractivity (Wildman–Crippen MR) is 102 cm³/mol. The van der Waals surface area contributed by atoms with Crippen molar-refractivity contribution in [1.82, 2.24) is 4.90 Å². The van der Waals surface area contributed by atoms with Crippen LogP contribution in [0.15, 0.2) is 12.1 Å². The van der Waals surface area contributed by atoms with E-state index in [1.165, 1.54) is 48.8 Å². The maximum Gasteiger partial charge on any atom is 0.142 e. The molecular formula is C22H35NO. The van der Waals surface area contributed by atoms with Crippen molar-refractivity contribution in [3.8, 4) is 5.75 Å². The van der Waals surface area contributed by atoms with E-state index in [0.717, 1.165) is 19.0 Å². The minimum absolute atomic E-state index is 0.109. The number of hydrogen-bond acceptors (Lipinski definition) is 2. The standard InChI is InChI=1S/C22H35NO/c1-21(2,3)17-12-16-14-23(18-10-8-7-9-11-18)15-24-20(16)19(13-17)22(4,5)6/h12-13,18H,7-11,14-15H2,1-6H3. The number of rotatable bonds is 1. The molecule has 2 nitrogen and oxygen atoms in total. The largest absolute Gasteiger partial charge is 0.477 e. The van der Waals surface area contributed by atoms with Gasteiger partial charge in [0.05, 0.1) is 0 Å². The van der Waals surface area contributed by atoms with Crippen molar-refractivity contribution in [2.45, 2.75) is 97.1 Å². The zero-order chi connectivity index (χ0) is 17.5. The summed E-state index contributed by atoms with van der Waals surface area (Å²) >= 11 is 0. The van der Waals surface area contributed by atoms with Crippen molar-refractivity contribution < 1.29 is 4.74 Å². The molecule has 0 atom stereocenters. The van der Waals surface area contributed by atoms with Crippen LogP contribution in [0.2, 0.25) is 0 Å². The van der Waals surface area contributed by atoms with Crippen LogP contribution >= 0.6 is 0 Å². The van der Waals surface area contributed by atoms with E-state index in [4.69, 9.17) is 4.74 Å². The molecule has 1 aromatic rings. The molecule has 134 valence electrons. The average molecular weight is 330 g/mol. The minimum Gasteiger partial charge on any atom is -0.477 e. The molecule has 0 N–H and O–H groups in total. The Morgan fingerprint density at radius 2 is 1.58 bits per heavy atom. The van der Waals surface area contributed by atoms with Gasteiger partial charge in [0.15, 0.2) is 0 Å². The summed E-state index contributed by atoms with van der Waals surface area (Å²) in [4.78, 5) is 2.57. The molecule has 0 bridgehead atoms. The van der Waals surface area contributed by atoms with Gasteiger partial charge in [0.1, 0.15) is 12.5 Å². The highest BCUT2D eigenvalue weighted by atomic mass is 16.5. The first-order valence-corrected chi connectivity index (χ1v) is 9.71. The summed E-state index contributed by atoms with van der Waals surface area (Å²) in [6.07, 6.45) is 6.84. The van der Waals surface area contributed by atoms with Crippen LogP contribution in [0.25, 0.3) is 0 Å². The summed E-state index contributed by atoms with van der Waals surface area (Å²) in [5.74, 6) is 1.16. The number of ether oxygens (including phenoxy) is 1. The predicted octanol–water partition coefficient (Wildman–Crippen LogP) is 5.77. The van der Waals surface area contributed by atoms with Gasteiger partial charge in [0, 0.05) is 23.7 Å². The average Bonchev–Trinajstić information content (AvgIpc) is 2.52. The second kappa shape index (κ2) is 6.37. The fourth-order valence-corrected chi connectivity index (χ4v) is 4.06. The van der Waals surface area contributed by atoms with Gasteiger partial charge in [-0.15, -0.1) is 0 Å². The first-order valence-electron chi connectivity index (χ1n) is 9.71. The lowest BCUT2D eigenvalue weighted by Gasteiger charge is -2.39. The monoisotopic (exact) mass is 329 g/mol. The third-order valence-corrected chi connectivity index (χ3v) is 5.68. The molecule has 1 saturated carbocycles. The van der Waals surface area contributed by atoms with E-state index >= 15 is 0 Å². The zero-order valence-corrected chi connectivity index (χ0v) is 16.5. The Morgan fingerprint density at radius 1 is 0.917 bits per heavy atom. The van der Waals surface area contributed by atoms with Gasteiger partial charge < -0.3 is 4.74 Å². The molecule has 0 radical (unpaired) electrons. The molecule has 0 unspecified atom stereocenters. The van der Waals surface area contributed by atoms with Gasteiger partial charge in [-0.25, -0.2) is 0 Å². The summed E-state index contributed by atoms with van der Waals surface area (Å²) in [7, 11) is 0. The molecule has 1 aliphatic heterocycles. The molecule has 0 amide bonds. The fraction of sp³-hybridized carbons (Fsp3) is 0.727. The van der Waals surface area contributed by atoms with Crippen LogP contribution in [0, 0.1) is 0 Å². The Kier molecular flexibility index (Phi) is 4.72. The Hall–Kier alpha value is -1.02. The van der Waals surface area contributed by atoms with E-state index in [2.05, 4.69) is 58.6 Å². The molecular weight excluding hydrogens is 294 g/mol. The highest BCUT2D eigenvalue weighted by molar-refractivity contribution is 5.50. The normalized spacial score (nSPS) is 20.6. The van der Waals surface area contributed by atoms with Crippen LogP contribution in [-0.4, -0.2) is 17.7 Å². The van der Waals surface area contributed by atoms with Gasteiger partial charge >= 0.3 is 0 Å². The Morgan fingerprint density at radius 3 is 2.17 bits per heavy atom. The maximum atomic E-state index is 6.34. The van der Waals surface area contributed by atoms with Crippen LogP contribution < -0.4 is 4.74 Å². The molecule has 1 aromatic carbocycles. The van der Waals surface area contributed by atoms with Crippen LogP contribution in [0.4, 0.5) is 0 Å². The topological polar surface area (TPSA) is 12.5 Å². The Balaban J connectivity index is 1.96. The molecule has 0 spiro atoms. The van der Waals surface area contributed by atoms with Crippen molar-refractivity contribution in [3.63, 3.8) is 0 Å². The third-order valence-electron chi connectivity index (χ3n) is 5.68. The van der Waals surface area contributed by atoms with Crippen molar-refractivity contribution in [2.24, 2.45) is 0 Å². The van der Waals surface area contributed by atoms with Crippen molar-refractivity contribution in [2.75, 3.05) is 6.73 Å².